The molecule has 2 rings (SSSR count). The van der Waals surface area contributed by atoms with Gasteiger partial charge in [0.25, 0.3) is 0 Å². The molecule has 2 aromatic rings. The molecular formula is C22H28BrN3O4S. The zero-order chi connectivity index (χ0) is 23.0. The number of hydrogen-bond donors (Lipinski definition) is 1. The van der Waals surface area contributed by atoms with Gasteiger partial charge in [0, 0.05) is 17.6 Å². The molecule has 1 atom stereocenters. The van der Waals surface area contributed by atoms with E-state index in [1.54, 1.807) is 31.2 Å². The molecule has 0 aliphatic carbocycles. The Balaban J connectivity index is 2.35. The van der Waals surface area contributed by atoms with Crippen LogP contribution in [0.15, 0.2) is 59.1 Å². The van der Waals surface area contributed by atoms with E-state index in [9.17, 15) is 18.0 Å². The number of nitrogens with one attached hydrogen (secondary N) is 1. The SMILES string of the molecule is CCCNC(=O)[C@H](C)N(Cc1ccccc1)C(=O)CN(c1ccccc1Br)S(C)(=O)=O. The molecule has 2 amide bonds. The molecule has 0 aliphatic rings. The van der Waals surface area contributed by atoms with E-state index in [1.807, 2.05) is 37.3 Å². The van der Waals surface area contributed by atoms with Crippen molar-refractivity contribution in [3.05, 3.63) is 64.6 Å². The van der Waals surface area contributed by atoms with Crippen molar-refractivity contribution < 1.29 is 18.0 Å². The summed E-state index contributed by atoms with van der Waals surface area (Å²) >= 11 is 3.36. The van der Waals surface area contributed by atoms with Gasteiger partial charge in [-0.15, -0.1) is 0 Å². The number of anilines is 1. The lowest BCUT2D eigenvalue weighted by molar-refractivity contribution is -0.139. The third-order valence-electron chi connectivity index (χ3n) is 4.71. The van der Waals surface area contributed by atoms with E-state index in [0.717, 1.165) is 22.5 Å². The van der Waals surface area contributed by atoms with Crippen LogP contribution in [0.2, 0.25) is 0 Å². The lowest BCUT2D eigenvalue weighted by Crippen LogP contribution is -2.51. The first-order chi connectivity index (χ1) is 14.6. The Morgan fingerprint density at radius 2 is 1.68 bits per heavy atom. The topological polar surface area (TPSA) is 86.8 Å². The fraction of sp³-hybridized carbons (Fsp3) is 0.364. The van der Waals surface area contributed by atoms with Crippen molar-refractivity contribution in [2.45, 2.75) is 32.9 Å². The van der Waals surface area contributed by atoms with E-state index < -0.39 is 28.5 Å². The third-order valence-corrected chi connectivity index (χ3v) is 6.51. The first-order valence-corrected chi connectivity index (χ1v) is 12.6. The smallest absolute Gasteiger partial charge is 0.244 e. The van der Waals surface area contributed by atoms with Crippen LogP contribution in [0.4, 0.5) is 5.69 Å². The number of benzene rings is 2. The Kier molecular flexibility index (Phi) is 9.06. The minimum absolute atomic E-state index is 0.188. The maximum Gasteiger partial charge on any atom is 0.244 e. The number of carbonyl (C=O) groups is 2. The summed E-state index contributed by atoms with van der Waals surface area (Å²) in [6, 6.07) is 15.3. The Bertz CT molecular complexity index is 999. The normalized spacial score (nSPS) is 12.1. The summed E-state index contributed by atoms with van der Waals surface area (Å²) in [7, 11) is -3.75. The fourth-order valence-corrected chi connectivity index (χ4v) is 4.49. The molecule has 1 N–H and O–H groups in total. The van der Waals surface area contributed by atoms with Crippen molar-refractivity contribution >= 4 is 43.5 Å². The molecule has 0 aromatic heterocycles. The second-order valence-electron chi connectivity index (χ2n) is 7.20. The fourth-order valence-electron chi connectivity index (χ4n) is 3.01. The monoisotopic (exact) mass is 509 g/mol. The number of hydrogen-bond acceptors (Lipinski definition) is 4. The van der Waals surface area contributed by atoms with Crippen molar-refractivity contribution in [2.75, 3.05) is 23.7 Å². The zero-order valence-corrected chi connectivity index (χ0v) is 20.3. The first kappa shape index (κ1) is 24.9. The van der Waals surface area contributed by atoms with Crippen LogP contribution in [0.5, 0.6) is 0 Å². The second-order valence-corrected chi connectivity index (χ2v) is 9.96. The highest BCUT2D eigenvalue weighted by molar-refractivity contribution is 9.10. The molecule has 0 bridgehead atoms. The lowest BCUT2D eigenvalue weighted by Gasteiger charge is -2.31. The Labute approximate surface area is 192 Å². The largest absolute Gasteiger partial charge is 0.354 e. The van der Waals surface area contributed by atoms with Gasteiger partial charge >= 0.3 is 0 Å². The standard InChI is InChI=1S/C22H28BrN3O4S/c1-4-14-24-22(28)17(2)25(15-18-10-6-5-7-11-18)21(27)16-26(31(3,29)30)20-13-9-8-12-19(20)23/h5-13,17H,4,14-16H2,1-3H3,(H,24,28)/t17-/m0/s1. The first-order valence-electron chi connectivity index (χ1n) is 9.98. The van der Waals surface area contributed by atoms with Crippen LogP contribution in [0, 0.1) is 0 Å². The Morgan fingerprint density at radius 1 is 1.06 bits per heavy atom. The Hall–Kier alpha value is -2.39. The molecule has 2 aromatic carbocycles. The summed E-state index contributed by atoms with van der Waals surface area (Å²) in [5.41, 5.74) is 1.21. The van der Waals surface area contributed by atoms with Crippen LogP contribution in [-0.4, -0.2) is 50.5 Å². The number of rotatable bonds is 10. The molecule has 31 heavy (non-hydrogen) atoms. The predicted octanol–water partition coefficient (Wildman–Crippen LogP) is 3.16. The number of amides is 2. The van der Waals surface area contributed by atoms with Crippen molar-refractivity contribution in [3.8, 4) is 0 Å². The molecule has 0 saturated carbocycles. The quantitative estimate of drug-likeness (QED) is 0.532. The molecule has 0 radical (unpaired) electrons. The maximum absolute atomic E-state index is 13.3. The summed E-state index contributed by atoms with van der Waals surface area (Å²) in [6.07, 6.45) is 1.83. The van der Waals surface area contributed by atoms with E-state index in [1.165, 1.54) is 4.90 Å². The van der Waals surface area contributed by atoms with Gasteiger partial charge in [-0.25, -0.2) is 8.42 Å². The highest BCUT2D eigenvalue weighted by Crippen LogP contribution is 2.27. The predicted molar refractivity (Wildman–Crippen MR) is 126 cm³/mol. The molecule has 0 heterocycles. The van der Waals surface area contributed by atoms with Crippen LogP contribution in [0.1, 0.15) is 25.8 Å². The van der Waals surface area contributed by atoms with E-state index in [2.05, 4.69) is 21.2 Å². The van der Waals surface area contributed by atoms with Crippen molar-refractivity contribution in [3.63, 3.8) is 0 Å². The van der Waals surface area contributed by atoms with Crippen molar-refractivity contribution in [2.24, 2.45) is 0 Å². The van der Waals surface area contributed by atoms with E-state index >= 15 is 0 Å². The lowest BCUT2D eigenvalue weighted by atomic mass is 10.1. The molecule has 0 spiro atoms. The van der Waals surface area contributed by atoms with Gasteiger partial charge in [-0.3, -0.25) is 13.9 Å². The highest BCUT2D eigenvalue weighted by atomic mass is 79.9. The number of carbonyl (C=O) groups excluding carboxylic acids is 2. The van der Waals surface area contributed by atoms with Gasteiger partial charge in [0.2, 0.25) is 21.8 Å². The minimum Gasteiger partial charge on any atom is -0.354 e. The van der Waals surface area contributed by atoms with E-state index in [0.29, 0.717) is 16.7 Å². The summed E-state index contributed by atoms with van der Waals surface area (Å²) in [5, 5.41) is 2.81. The van der Waals surface area contributed by atoms with Gasteiger partial charge in [0.15, 0.2) is 0 Å². The van der Waals surface area contributed by atoms with E-state index in [4.69, 9.17) is 0 Å². The van der Waals surface area contributed by atoms with Crippen LogP contribution in [-0.2, 0) is 26.2 Å². The molecule has 168 valence electrons. The third kappa shape index (κ3) is 7.07. The highest BCUT2D eigenvalue weighted by Gasteiger charge is 2.30. The van der Waals surface area contributed by atoms with Gasteiger partial charge in [0.1, 0.15) is 12.6 Å². The molecule has 0 saturated heterocycles. The van der Waals surface area contributed by atoms with E-state index in [-0.39, 0.29) is 12.5 Å². The van der Waals surface area contributed by atoms with Crippen LogP contribution < -0.4 is 9.62 Å². The average Bonchev–Trinajstić information content (AvgIpc) is 2.74. The zero-order valence-electron chi connectivity index (χ0n) is 17.9. The van der Waals surface area contributed by atoms with Crippen LogP contribution in [0.3, 0.4) is 0 Å². The number of sulfonamides is 1. The molecule has 0 fully saturated rings. The number of halogens is 1. The number of nitrogens with zero attached hydrogens (tertiary/aromatic N) is 2. The molecular weight excluding hydrogens is 482 g/mol. The second kappa shape index (κ2) is 11.3. The van der Waals surface area contributed by atoms with Gasteiger partial charge < -0.3 is 10.2 Å². The summed E-state index contributed by atoms with van der Waals surface area (Å²) in [5.74, 6) is -0.748. The molecule has 7 nitrogen and oxygen atoms in total. The molecule has 9 heteroatoms. The van der Waals surface area contributed by atoms with Crippen molar-refractivity contribution in [1.82, 2.24) is 10.2 Å². The van der Waals surface area contributed by atoms with Crippen LogP contribution in [0.25, 0.3) is 0 Å². The van der Waals surface area contributed by atoms with Crippen LogP contribution >= 0.6 is 15.9 Å². The minimum atomic E-state index is -3.75. The average molecular weight is 510 g/mol. The van der Waals surface area contributed by atoms with Crippen molar-refractivity contribution in [1.29, 1.82) is 0 Å². The van der Waals surface area contributed by atoms with Gasteiger partial charge in [-0.1, -0.05) is 49.4 Å². The summed E-state index contributed by atoms with van der Waals surface area (Å²) < 4.78 is 26.6. The van der Waals surface area contributed by atoms with Gasteiger partial charge in [-0.2, -0.15) is 0 Å². The molecule has 0 unspecified atom stereocenters. The van der Waals surface area contributed by atoms with Gasteiger partial charge in [0.05, 0.1) is 11.9 Å². The maximum atomic E-state index is 13.3. The van der Waals surface area contributed by atoms with Gasteiger partial charge in [-0.05, 0) is 47.0 Å². The summed E-state index contributed by atoms with van der Waals surface area (Å²) in [4.78, 5) is 27.3. The number of para-hydroxylation sites is 1. The summed E-state index contributed by atoms with van der Waals surface area (Å²) in [6.45, 7) is 3.87. The Morgan fingerprint density at radius 3 is 2.26 bits per heavy atom. The molecule has 0 aliphatic heterocycles.